The summed E-state index contributed by atoms with van der Waals surface area (Å²) in [5.74, 6) is 0.105. The van der Waals surface area contributed by atoms with Gasteiger partial charge in [-0.1, -0.05) is 49.1 Å². The van der Waals surface area contributed by atoms with Crippen LogP contribution in [0.25, 0.3) is 0 Å². The second-order valence-electron chi connectivity index (χ2n) is 5.10. The molecule has 3 heteroatoms. The van der Waals surface area contributed by atoms with Crippen molar-refractivity contribution in [3.05, 3.63) is 41.5 Å². The predicted molar refractivity (Wildman–Crippen MR) is 81.1 cm³/mol. The third kappa shape index (κ3) is 5.60. The summed E-state index contributed by atoms with van der Waals surface area (Å²) in [6.45, 7) is 6.13. The van der Waals surface area contributed by atoms with Gasteiger partial charge >= 0.3 is 0 Å². The second-order valence-corrected chi connectivity index (χ2v) is 7.14. The molecule has 0 aliphatic carbocycles. The fourth-order valence-corrected chi connectivity index (χ4v) is 3.10. The second kappa shape index (κ2) is 7.49. The first-order chi connectivity index (χ1) is 8.95. The number of hydrogen-bond acceptors (Lipinski definition) is 2. The minimum atomic E-state index is -3.18. The van der Waals surface area contributed by atoms with E-state index in [1.807, 2.05) is 32.1 Å². The largest absolute Gasteiger partial charge is 0.223 e. The molecular weight excluding hydrogens is 256 g/mol. The molecule has 1 rings (SSSR count). The lowest BCUT2D eigenvalue weighted by molar-refractivity contribution is 0.598. The molecule has 1 aromatic carbocycles. The Morgan fingerprint density at radius 3 is 2.37 bits per heavy atom. The topological polar surface area (TPSA) is 34.1 Å². The molecular formula is C16H24O2S. The van der Waals surface area contributed by atoms with E-state index in [4.69, 9.17) is 0 Å². The van der Waals surface area contributed by atoms with Crippen LogP contribution in [0.3, 0.4) is 0 Å². The number of unbranched alkanes of at least 4 members (excludes halogenated alkanes) is 2. The van der Waals surface area contributed by atoms with Crippen molar-refractivity contribution in [2.24, 2.45) is 0 Å². The van der Waals surface area contributed by atoms with Crippen LogP contribution in [-0.4, -0.2) is 14.2 Å². The zero-order valence-electron chi connectivity index (χ0n) is 12.1. The molecule has 0 saturated carbocycles. The molecule has 0 unspecified atom stereocenters. The molecule has 19 heavy (non-hydrogen) atoms. The van der Waals surface area contributed by atoms with E-state index in [1.54, 1.807) is 12.1 Å². The molecule has 0 heterocycles. The van der Waals surface area contributed by atoms with Crippen molar-refractivity contribution in [1.82, 2.24) is 0 Å². The van der Waals surface area contributed by atoms with Gasteiger partial charge in [0.05, 0.1) is 10.6 Å². The van der Waals surface area contributed by atoms with E-state index >= 15 is 0 Å². The molecule has 0 aromatic heterocycles. The summed E-state index contributed by atoms with van der Waals surface area (Å²) in [7, 11) is -3.18. The molecule has 0 saturated heterocycles. The summed E-state index contributed by atoms with van der Waals surface area (Å²) < 4.78 is 24.3. The van der Waals surface area contributed by atoms with Crippen LogP contribution in [0.4, 0.5) is 0 Å². The van der Waals surface area contributed by atoms with Crippen molar-refractivity contribution >= 4 is 9.84 Å². The van der Waals surface area contributed by atoms with Crippen molar-refractivity contribution in [1.29, 1.82) is 0 Å². The molecule has 106 valence electrons. The Labute approximate surface area is 117 Å². The predicted octanol–water partition coefficient (Wildman–Crippen LogP) is 4.30. The molecule has 2 nitrogen and oxygen atoms in total. The van der Waals surface area contributed by atoms with Crippen molar-refractivity contribution < 1.29 is 8.42 Å². The monoisotopic (exact) mass is 280 g/mol. The SMILES string of the molecule is CCCCC/C(C)=C\CS(=O)(=O)c1ccc(C)cc1. The normalized spacial score (nSPS) is 12.7. The Morgan fingerprint density at radius 2 is 1.79 bits per heavy atom. The van der Waals surface area contributed by atoms with Crippen molar-refractivity contribution in [3.8, 4) is 0 Å². The molecule has 0 aliphatic heterocycles. The van der Waals surface area contributed by atoms with Gasteiger partial charge < -0.3 is 0 Å². The van der Waals surface area contributed by atoms with Gasteiger partial charge in [-0.2, -0.15) is 0 Å². The van der Waals surface area contributed by atoms with Gasteiger partial charge in [-0.3, -0.25) is 0 Å². The van der Waals surface area contributed by atoms with Crippen LogP contribution in [0, 0.1) is 6.92 Å². The van der Waals surface area contributed by atoms with Gasteiger partial charge in [-0.15, -0.1) is 0 Å². The summed E-state index contributed by atoms with van der Waals surface area (Å²) in [4.78, 5) is 0.413. The van der Waals surface area contributed by atoms with E-state index in [-0.39, 0.29) is 5.75 Å². The smallest absolute Gasteiger partial charge is 0.181 e. The highest BCUT2D eigenvalue weighted by atomic mass is 32.2. The van der Waals surface area contributed by atoms with Gasteiger partial charge in [0, 0.05) is 0 Å². The van der Waals surface area contributed by atoms with E-state index in [0.29, 0.717) is 4.90 Å². The zero-order valence-corrected chi connectivity index (χ0v) is 13.0. The fourth-order valence-electron chi connectivity index (χ4n) is 1.85. The number of allylic oxidation sites excluding steroid dienone is 1. The van der Waals surface area contributed by atoms with E-state index in [1.165, 1.54) is 18.4 Å². The molecule has 0 radical (unpaired) electrons. The molecule has 0 amide bonds. The van der Waals surface area contributed by atoms with Crippen LogP contribution in [0.5, 0.6) is 0 Å². The van der Waals surface area contributed by atoms with Crippen LogP contribution >= 0.6 is 0 Å². The minimum Gasteiger partial charge on any atom is -0.223 e. The van der Waals surface area contributed by atoms with Gasteiger partial charge in [-0.25, -0.2) is 8.42 Å². The Kier molecular flexibility index (Phi) is 6.29. The van der Waals surface area contributed by atoms with Gasteiger partial charge in [0.15, 0.2) is 9.84 Å². The maximum Gasteiger partial charge on any atom is 0.181 e. The van der Waals surface area contributed by atoms with Crippen LogP contribution in [-0.2, 0) is 9.84 Å². The van der Waals surface area contributed by atoms with Crippen LogP contribution in [0.1, 0.15) is 45.1 Å². The Hall–Kier alpha value is -1.09. The third-order valence-corrected chi connectivity index (χ3v) is 4.80. The maximum atomic E-state index is 12.1. The minimum absolute atomic E-state index is 0.105. The summed E-state index contributed by atoms with van der Waals surface area (Å²) in [5.41, 5.74) is 2.24. The highest BCUT2D eigenvalue weighted by Gasteiger charge is 2.12. The Balaban J connectivity index is 2.64. The van der Waals surface area contributed by atoms with Crippen LogP contribution < -0.4 is 0 Å². The molecule has 0 atom stereocenters. The number of hydrogen-bond donors (Lipinski definition) is 0. The highest BCUT2D eigenvalue weighted by Crippen LogP contribution is 2.14. The van der Waals surface area contributed by atoms with Crippen LogP contribution in [0.2, 0.25) is 0 Å². The summed E-state index contributed by atoms with van der Waals surface area (Å²) in [6.07, 6.45) is 6.39. The van der Waals surface area contributed by atoms with Gasteiger partial charge in [-0.05, 0) is 38.8 Å². The fraction of sp³-hybridized carbons (Fsp3) is 0.500. The van der Waals surface area contributed by atoms with Crippen LogP contribution in [0.15, 0.2) is 40.8 Å². The van der Waals surface area contributed by atoms with Crippen molar-refractivity contribution in [2.75, 3.05) is 5.75 Å². The number of benzene rings is 1. The molecule has 1 aromatic rings. The lowest BCUT2D eigenvalue weighted by Crippen LogP contribution is -2.05. The third-order valence-electron chi connectivity index (χ3n) is 3.21. The average Bonchev–Trinajstić information content (AvgIpc) is 2.37. The van der Waals surface area contributed by atoms with Crippen molar-refractivity contribution in [3.63, 3.8) is 0 Å². The number of aryl methyl sites for hydroxylation is 1. The van der Waals surface area contributed by atoms with Gasteiger partial charge in [0.2, 0.25) is 0 Å². The van der Waals surface area contributed by atoms with E-state index in [2.05, 4.69) is 6.92 Å². The molecule has 0 fully saturated rings. The van der Waals surface area contributed by atoms with Gasteiger partial charge in [0.1, 0.15) is 0 Å². The molecule has 0 bridgehead atoms. The molecule has 0 spiro atoms. The highest BCUT2D eigenvalue weighted by molar-refractivity contribution is 7.91. The summed E-state index contributed by atoms with van der Waals surface area (Å²) >= 11 is 0. The van der Waals surface area contributed by atoms with E-state index in [9.17, 15) is 8.42 Å². The first kappa shape index (κ1) is 16.0. The first-order valence-corrected chi connectivity index (χ1v) is 8.56. The average molecular weight is 280 g/mol. The summed E-state index contributed by atoms with van der Waals surface area (Å²) in [5, 5.41) is 0. The first-order valence-electron chi connectivity index (χ1n) is 6.91. The maximum absolute atomic E-state index is 12.1. The van der Waals surface area contributed by atoms with Crippen molar-refractivity contribution in [2.45, 2.75) is 51.3 Å². The zero-order chi connectivity index (χ0) is 14.3. The lowest BCUT2D eigenvalue weighted by atomic mass is 10.1. The van der Waals surface area contributed by atoms with E-state index < -0.39 is 9.84 Å². The summed E-state index contributed by atoms with van der Waals surface area (Å²) in [6, 6.07) is 7.05. The Morgan fingerprint density at radius 1 is 1.16 bits per heavy atom. The Bertz CT molecular complexity index is 510. The van der Waals surface area contributed by atoms with E-state index in [0.717, 1.165) is 18.4 Å². The number of sulfone groups is 1. The molecule has 0 aliphatic rings. The standard InChI is InChI=1S/C16H24O2S/c1-4-5-6-7-14(2)12-13-19(17,18)16-10-8-15(3)9-11-16/h8-12H,4-7,13H2,1-3H3/b14-12-. The van der Waals surface area contributed by atoms with Gasteiger partial charge in [0.25, 0.3) is 0 Å². The quantitative estimate of drug-likeness (QED) is 0.551. The molecule has 0 N–H and O–H groups in total. The number of rotatable bonds is 7. The lowest BCUT2D eigenvalue weighted by Gasteiger charge is -2.04.